The number of hydrogen-bond donors (Lipinski definition) is 0. The van der Waals surface area contributed by atoms with Gasteiger partial charge >= 0.3 is 0 Å². The summed E-state index contributed by atoms with van der Waals surface area (Å²) in [6.45, 7) is 8.87. The molecule has 2 atom stereocenters. The number of hydrogen-bond acceptors (Lipinski definition) is 1. The number of para-hydroxylation sites is 1. The lowest BCUT2D eigenvalue weighted by Gasteiger charge is -2.53. The molecular formula is C33H35N. The van der Waals surface area contributed by atoms with Gasteiger partial charge in [0.15, 0.2) is 0 Å². The van der Waals surface area contributed by atoms with Crippen molar-refractivity contribution < 1.29 is 0 Å². The highest BCUT2D eigenvalue weighted by Gasteiger charge is 2.44. The highest BCUT2D eigenvalue weighted by atomic mass is 15.2. The molecule has 34 heavy (non-hydrogen) atoms. The first-order valence-electron chi connectivity index (χ1n) is 12.7. The molecule has 0 bridgehead atoms. The minimum absolute atomic E-state index is 0.420. The zero-order valence-corrected chi connectivity index (χ0v) is 20.5. The molecule has 1 saturated heterocycles. The molecule has 0 radical (unpaired) electrons. The zero-order chi connectivity index (χ0) is 23.5. The molecule has 0 spiro atoms. The summed E-state index contributed by atoms with van der Waals surface area (Å²) in [6, 6.07) is 29.1. The van der Waals surface area contributed by atoms with Crippen LogP contribution in [0, 0.1) is 19.8 Å². The molecule has 172 valence electrons. The van der Waals surface area contributed by atoms with Crippen molar-refractivity contribution in [3.63, 3.8) is 0 Å². The molecule has 1 aliphatic carbocycles. The molecule has 2 aliphatic rings. The zero-order valence-electron chi connectivity index (χ0n) is 20.5. The Kier molecular flexibility index (Phi) is 6.54. The fraction of sp³-hybridized carbons (Fsp3) is 0.273. The van der Waals surface area contributed by atoms with Crippen molar-refractivity contribution in [2.24, 2.45) is 5.92 Å². The Bertz CT molecular complexity index is 1210. The summed E-state index contributed by atoms with van der Waals surface area (Å²) in [5, 5.41) is 0. The van der Waals surface area contributed by atoms with Crippen LogP contribution in [0.15, 0.2) is 109 Å². The van der Waals surface area contributed by atoms with Crippen molar-refractivity contribution in [2.75, 3.05) is 4.90 Å². The fourth-order valence-corrected chi connectivity index (χ4v) is 5.57. The minimum atomic E-state index is 0.420. The maximum absolute atomic E-state index is 4.54. The highest BCUT2D eigenvalue weighted by molar-refractivity contribution is 5.70. The van der Waals surface area contributed by atoms with Crippen LogP contribution >= 0.6 is 0 Å². The Morgan fingerprint density at radius 1 is 0.824 bits per heavy atom. The average Bonchev–Trinajstić information content (AvgIpc) is 2.87. The van der Waals surface area contributed by atoms with Gasteiger partial charge in [0.25, 0.3) is 0 Å². The molecule has 0 saturated carbocycles. The van der Waals surface area contributed by atoms with Gasteiger partial charge in [0.05, 0.1) is 6.04 Å². The number of aryl methyl sites for hydroxylation is 3. The lowest BCUT2D eigenvalue weighted by atomic mass is 9.74. The van der Waals surface area contributed by atoms with Crippen molar-refractivity contribution in [1.82, 2.24) is 0 Å². The van der Waals surface area contributed by atoms with Crippen molar-refractivity contribution >= 4 is 11.3 Å². The van der Waals surface area contributed by atoms with Gasteiger partial charge < -0.3 is 4.90 Å². The van der Waals surface area contributed by atoms with Gasteiger partial charge in [-0.3, -0.25) is 0 Å². The molecule has 1 aliphatic heterocycles. The van der Waals surface area contributed by atoms with Crippen molar-refractivity contribution in [3.05, 3.63) is 131 Å². The van der Waals surface area contributed by atoms with E-state index in [1.54, 1.807) is 5.57 Å². The molecule has 3 aromatic rings. The molecule has 3 aromatic carbocycles. The van der Waals surface area contributed by atoms with Crippen molar-refractivity contribution in [2.45, 2.75) is 52.0 Å². The lowest BCUT2D eigenvalue weighted by Crippen LogP contribution is -2.55. The first-order chi connectivity index (χ1) is 16.6. The molecule has 1 fully saturated rings. The SMILES string of the molecule is C=C1C(CCCc2ccc(C)cc2)C(C2=CC=C(c3cccc(C)c3)CC2)N1c1ccccc1. The Morgan fingerprint density at radius 2 is 1.62 bits per heavy atom. The van der Waals surface area contributed by atoms with Gasteiger partial charge in [-0.2, -0.15) is 0 Å². The van der Waals surface area contributed by atoms with E-state index < -0.39 is 0 Å². The summed E-state index contributed by atoms with van der Waals surface area (Å²) in [4.78, 5) is 2.48. The lowest BCUT2D eigenvalue weighted by molar-refractivity contribution is 0.363. The Labute approximate surface area is 205 Å². The van der Waals surface area contributed by atoms with Crippen LogP contribution in [0.2, 0.25) is 0 Å². The van der Waals surface area contributed by atoms with Gasteiger partial charge in [-0.1, -0.05) is 96.6 Å². The van der Waals surface area contributed by atoms with Gasteiger partial charge in [-0.25, -0.2) is 0 Å². The van der Waals surface area contributed by atoms with Gasteiger partial charge in [-0.05, 0) is 80.4 Å². The Morgan fingerprint density at radius 3 is 2.32 bits per heavy atom. The Balaban J connectivity index is 1.35. The van der Waals surface area contributed by atoms with E-state index in [4.69, 9.17) is 0 Å². The third-order valence-electron chi connectivity index (χ3n) is 7.48. The van der Waals surface area contributed by atoms with Gasteiger partial charge in [-0.15, -0.1) is 0 Å². The third kappa shape index (κ3) is 4.66. The Hall–Kier alpha value is -3.32. The van der Waals surface area contributed by atoms with Crippen LogP contribution in [0.4, 0.5) is 5.69 Å². The molecule has 1 nitrogen and oxygen atoms in total. The summed E-state index contributed by atoms with van der Waals surface area (Å²) >= 11 is 0. The van der Waals surface area contributed by atoms with E-state index in [0.29, 0.717) is 12.0 Å². The molecule has 0 aromatic heterocycles. The van der Waals surface area contributed by atoms with E-state index in [1.807, 2.05) is 0 Å². The number of benzene rings is 3. The van der Waals surface area contributed by atoms with E-state index in [1.165, 1.54) is 52.1 Å². The van der Waals surface area contributed by atoms with Gasteiger partial charge in [0.2, 0.25) is 0 Å². The monoisotopic (exact) mass is 445 g/mol. The largest absolute Gasteiger partial charge is 0.337 e. The predicted octanol–water partition coefficient (Wildman–Crippen LogP) is 8.45. The number of nitrogens with zero attached hydrogens (tertiary/aromatic N) is 1. The molecular weight excluding hydrogens is 410 g/mol. The third-order valence-corrected chi connectivity index (χ3v) is 7.48. The van der Waals surface area contributed by atoms with Crippen LogP contribution in [0.5, 0.6) is 0 Å². The molecule has 1 heterocycles. The number of anilines is 1. The summed E-state index contributed by atoms with van der Waals surface area (Å²) in [5.41, 5.74) is 11.0. The topological polar surface area (TPSA) is 3.24 Å². The molecule has 1 heteroatoms. The standard InChI is InChI=1S/C33H35N/c1-24-15-17-27(18-16-24)10-8-14-32-26(3)34(31-12-5-4-6-13-31)33(32)29-21-19-28(20-22-29)30-11-7-9-25(2)23-30/h4-7,9,11-13,15-19,21,23,32-33H,3,8,10,14,20,22H2,1-2H3. The van der Waals surface area contributed by atoms with Crippen LogP contribution in [0.25, 0.3) is 5.57 Å². The van der Waals surface area contributed by atoms with Crippen LogP contribution < -0.4 is 4.90 Å². The van der Waals surface area contributed by atoms with Crippen LogP contribution in [0.3, 0.4) is 0 Å². The molecule has 0 amide bonds. The van der Waals surface area contributed by atoms with Crippen molar-refractivity contribution in [1.29, 1.82) is 0 Å². The van der Waals surface area contributed by atoms with E-state index in [2.05, 4.69) is 116 Å². The summed E-state index contributed by atoms with van der Waals surface area (Å²) in [5.74, 6) is 0.519. The second-order valence-electron chi connectivity index (χ2n) is 9.93. The highest BCUT2D eigenvalue weighted by Crippen LogP contribution is 2.47. The molecule has 2 unspecified atom stereocenters. The minimum Gasteiger partial charge on any atom is -0.337 e. The maximum atomic E-state index is 4.54. The molecule has 0 N–H and O–H groups in total. The average molecular weight is 446 g/mol. The number of rotatable bonds is 7. The van der Waals surface area contributed by atoms with E-state index in [0.717, 1.165) is 19.3 Å². The van der Waals surface area contributed by atoms with E-state index in [9.17, 15) is 0 Å². The van der Waals surface area contributed by atoms with Crippen molar-refractivity contribution in [3.8, 4) is 0 Å². The second kappa shape index (κ2) is 9.89. The van der Waals surface area contributed by atoms with E-state index >= 15 is 0 Å². The summed E-state index contributed by atoms with van der Waals surface area (Å²) in [7, 11) is 0. The normalized spacial score (nSPS) is 19.9. The fourth-order valence-electron chi connectivity index (χ4n) is 5.57. The summed E-state index contributed by atoms with van der Waals surface area (Å²) in [6.07, 6.45) is 10.5. The predicted molar refractivity (Wildman–Crippen MR) is 146 cm³/mol. The summed E-state index contributed by atoms with van der Waals surface area (Å²) < 4.78 is 0. The first-order valence-corrected chi connectivity index (χ1v) is 12.7. The maximum Gasteiger partial charge on any atom is 0.0634 e. The van der Waals surface area contributed by atoms with Crippen LogP contribution in [-0.2, 0) is 6.42 Å². The first kappa shape index (κ1) is 22.5. The van der Waals surface area contributed by atoms with Gasteiger partial charge in [0.1, 0.15) is 0 Å². The molecule has 5 rings (SSSR count). The van der Waals surface area contributed by atoms with Gasteiger partial charge in [0, 0.05) is 17.3 Å². The van der Waals surface area contributed by atoms with Crippen LogP contribution in [0.1, 0.15) is 47.9 Å². The second-order valence-corrected chi connectivity index (χ2v) is 9.93. The van der Waals surface area contributed by atoms with E-state index in [-0.39, 0.29) is 0 Å². The smallest absolute Gasteiger partial charge is 0.0634 e. The van der Waals surface area contributed by atoms with Crippen LogP contribution in [-0.4, -0.2) is 6.04 Å². The quantitative estimate of drug-likeness (QED) is 0.352. The number of allylic oxidation sites excluding steroid dienone is 3.